The Kier molecular flexibility index (Phi) is 7.23. The third-order valence-corrected chi connectivity index (χ3v) is 3.75. The lowest BCUT2D eigenvalue weighted by atomic mass is 10.3. The first kappa shape index (κ1) is 14.1. The van der Waals surface area contributed by atoms with E-state index >= 15 is 0 Å². The first-order chi connectivity index (χ1) is 7.72. The lowest BCUT2D eigenvalue weighted by Crippen LogP contribution is -2.31. The molecule has 0 saturated heterocycles. The van der Waals surface area contributed by atoms with Gasteiger partial charge in [0.2, 0.25) is 0 Å². The van der Waals surface area contributed by atoms with E-state index in [1.54, 1.807) is 11.3 Å². The molecule has 0 radical (unpaired) electrons. The van der Waals surface area contributed by atoms with Crippen LogP contribution in [0.2, 0.25) is 0 Å². The minimum atomic E-state index is -0.407. The Morgan fingerprint density at radius 1 is 1.56 bits per heavy atom. The number of hydrogen-bond acceptors (Lipinski definition) is 4. The Hall–Kier alpha value is 0.0600. The number of aliphatic hydroxyl groups excluding tert-OH is 1. The summed E-state index contributed by atoms with van der Waals surface area (Å²) >= 11 is 5.18. The Balaban J connectivity index is 2.03. The molecule has 0 aliphatic heterocycles. The molecule has 5 heteroatoms. The van der Waals surface area contributed by atoms with Crippen LogP contribution < -0.4 is 5.32 Å². The summed E-state index contributed by atoms with van der Waals surface area (Å²) in [5.41, 5.74) is 0. The molecule has 0 saturated carbocycles. The van der Waals surface area contributed by atoms with Gasteiger partial charge in [-0.05, 0) is 41.4 Å². The standard InChI is InChI=1S/C11H18BrNO2S/c1-2-15-8-9(14)7-13-6-5-10-3-4-11(12)16-10/h3-4,9,13-14H,2,5-8H2,1H3. The van der Waals surface area contributed by atoms with Gasteiger partial charge in [-0.25, -0.2) is 0 Å². The van der Waals surface area contributed by atoms with E-state index in [4.69, 9.17) is 4.74 Å². The zero-order chi connectivity index (χ0) is 11.8. The van der Waals surface area contributed by atoms with Gasteiger partial charge in [0.15, 0.2) is 0 Å². The second-order valence-corrected chi connectivity index (χ2v) is 6.02. The number of aliphatic hydroxyl groups is 1. The molecule has 1 unspecified atom stereocenters. The van der Waals surface area contributed by atoms with Gasteiger partial charge in [0, 0.05) is 24.6 Å². The third-order valence-electron chi connectivity index (χ3n) is 2.07. The van der Waals surface area contributed by atoms with Gasteiger partial charge in [-0.2, -0.15) is 0 Å². The summed E-state index contributed by atoms with van der Waals surface area (Å²) in [4.78, 5) is 1.35. The summed E-state index contributed by atoms with van der Waals surface area (Å²) in [6.45, 7) is 4.46. The number of ether oxygens (including phenoxy) is 1. The van der Waals surface area contributed by atoms with Gasteiger partial charge in [-0.3, -0.25) is 0 Å². The van der Waals surface area contributed by atoms with Crippen LogP contribution in [0.1, 0.15) is 11.8 Å². The Morgan fingerprint density at radius 2 is 2.38 bits per heavy atom. The second-order valence-electron chi connectivity index (χ2n) is 3.47. The van der Waals surface area contributed by atoms with Crippen molar-refractivity contribution in [2.24, 2.45) is 0 Å². The van der Waals surface area contributed by atoms with Crippen LogP contribution >= 0.6 is 27.3 Å². The summed E-state index contributed by atoms with van der Waals surface area (Å²) in [5.74, 6) is 0. The van der Waals surface area contributed by atoms with Crippen molar-refractivity contribution in [1.29, 1.82) is 0 Å². The fourth-order valence-corrected chi connectivity index (χ4v) is 2.76. The maximum Gasteiger partial charge on any atom is 0.0897 e. The molecule has 1 aromatic heterocycles. The summed E-state index contributed by atoms with van der Waals surface area (Å²) in [7, 11) is 0. The molecular formula is C11H18BrNO2S. The van der Waals surface area contributed by atoms with Crippen molar-refractivity contribution in [3.05, 3.63) is 20.8 Å². The SMILES string of the molecule is CCOCC(O)CNCCc1ccc(Br)s1. The van der Waals surface area contributed by atoms with Gasteiger partial charge in [-0.1, -0.05) is 0 Å². The largest absolute Gasteiger partial charge is 0.389 e. The Bertz CT molecular complexity index is 293. The first-order valence-electron chi connectivity index (χ1n) is 5.43. The highest BCUT2D eigenvalue weighted by Gasteiger charge is 2.03. The molecule has 0 aliphatic rings. The van der Waals surface area contributed by atoms with Gasteiger partial charge >= 0.3 is 0 Å². The minimum absolute atomic E-state index is 0.407. The van der Waals surface area contributed by atoms with Gasteiger partial charge < -0.3 is 15.2 Å². The van der Waals surface area contributed by atoms with Crippen LogP contribution in [-0.2, 0) is 11.2 Å². The van der Waals surface area contributed by atoms with Crippen LogP contribution in [0.25, 0.3) is 0 Å². The second kappa shape index (κ2) is 8.20. The third kappa shape index (κ3) is 5.96. The molecule has 0 spiro atoms. The van der Waals surface area contributed by atoms with Crippen molar-refractivity contribution in [2.45, 2.75) is 19.4 Å². The highest BCUT2D eigenvalue weighted by atomic mass is 79.9. The highest BCUT2D eigenvalue weighted by Crippen LogP contribution is 2.21. The number of halogens is 1. The normalized spacial score (nSPS) is 12.9. The van der Waals surface area contributed by atoms with Crippen molar-refractivity contribution in [2.75, 3.05) is 26.3 Å². The van der Waals surface area contributed by atoms with Crippen molar-refractivity contribution in [1.82, 2.24) is 5.32 Å². The van der Waals surface area contributed by atoms with E-state index in [0.29, 0.717) is 19.8 Å². The van der Waals surface area contributed by atoms with Crippen LogP contribution in [0.5, 0.6) is 0 Å². The number of nitrogens with one attached hydrogen (secondary N) is 1. The lowest BCUT2D eigenvalue weighted by molar-refractivity contribution is 0.0430. The molecule has 3 nitrogen and oxygen atoms in total. The molecular weight excluding hydrogens is 290 g/mol. The predicted octanol–water partition coefficient (Wildman–Crippen LogP) is 2.04. The topological polar surface area (TPSA) is 41.5 Å². The molecule has 0 fully saturated rings. The molecule has 2 N–H and O–H groups in total. The average molecular weight is 308 g/mol. The van der Waals surface area contributed by atoms with E-state index in [1.807, 2.05) is 6.92 Å². The van der Waals surface area contributed by atoms with E-state index < -0.39 is 6.10 Å². The summed E-state index contributed by atoms with van der Waals surface area (Å²) in [6, 6.07) is 4.18. The van der Waals surface area contributed by atoms with Crippen LogP contribution in [0.15, 0.2) is 15.9 Å². The van der Waals surface area contributed by atoms with Crippen molar-refractivity contribution in [3.8, 4) is 0 Å². The zero-order valence-electron chi connectivity index (χ0n) is 9.41. The maximum absolute atomic E-state index is 9.49. The van der Waals surface area contributed by atoms with Gasteiger partial charge in [0.25, 0.3) is 0 Å². The zero-order valence-corrected chi connectivity index (χ0v) is 11.8. The minimum Gasteiger partial charge on any atom is -0.389 e. The van der Waals surface area contributed by atoms with E-state index in [1.165, 1.54) is 8.66 Å². The summed E-state index contributed by atoms with van der Waals surface area (Å²) < 4.78 is 6.29. The molecule has 0 amide bonds. The monoisotopic (exact) mass is 307 g/mol. The smallest absolute Gasteiger partial charge is 0.0897 e. The summed E-state index contributed by atoms with van der Waals surface area (Å²) in [5, 5.41) is 12.7. The molecule has 92 valence electrons. The average Bonchev–Trinajstić information content (AvgIpc) is 2.67. The van der Waals surface area contributed by atoms with Crippen molar-refractivity contribution >= 4 is 27.3 Å². The Labute approximate surface area is 109 Å². The molecule has 0 bridgehead atoms. The van der Waals surface area contributed by atoms with Gasteiger partial charge in [-0.15, -0.1) is 11.3 Å². The molecule has 1 heterocycles. The van der Waals surface area contributed by atoms with E-state index in [9.17, 15) is 5.11 Å². The molecule has 1 aromatic rings. The molecule has 1 rings (SSSR count). The van der Waals surface area contributed by atoms with Crippen LogP contribution in [0, 0.1) is 0 Å². The fourth-order valence-electron chi connectivity index (χ4n) is 1.28. The Morgan fingerprint density at radius 3 is 3.00 bits per heavy atom. The maximum atomic E-state index is 9.49. The predicted molar refractivity (Wildman–Crippen MR) is 71.1 cm³/mol. The van der Waals surface area contributed by atoms with E-state index in [-0.39, 0.29) is 0 Å². The quantitative estimate of drug-likeness (QED) is 0.722. The van der Waals surface area contributed by atoms with Crippen LogP contribution in [-0.4, -0.2) is 37.5 Å². The summed E-state index contributed by atoms with van der Waals surface area (Å²) in [6.07, 6.45) is 0.590. The number of thiophene rings is 1. The lowest BCUT2D eigenvalue weighted by Gasteiger charge is -2.11. The van der Waals surface area contributed by atoms with Crippen molar-refractivity contribution in [3.63, 3.8) is 0 Å². The van der Waals surface area contributed by atoms with Crippen molar-refractivity contribution < 1.29 is 9.84 Å². The first-order valence-corrected chi connectivity index (χ1v) is 7.04. The van der Waals surface area contributed by atoms with E-state index in [0.717, 1.165) is 13.0 Å². The molecule has 16 heavy (non-hydrogen) atoms. The number of rotatable bonds is 8. The van der Waals surface area contributed by atoms with Gasteiger partial charge in [0.1, 0.15) is 0 Å². The fraction of sp³-hybridized carbons (Fsp3) is 0.636. The molecule has 1 atom stereocenters. The highest BCUT2D eigenvalue weighted by molar-refractivity contribution is 9.11. The molecule has 0 aromatic carbocycles. The van der Waals surface area contributed by atoms with Gasteiger partial charge in [0.05, 0.1) is 16.5 Å². The number of hydrogen-bond donors (Lipinski definition) is 2. The van der Waals surface area contributed by atoms with E-state index in [2.05, 4.69) is 33.4 Å². The van der Waals surface area contributed by atoms with Crippen LogP contribution in [0.4, 0.5) is 0 Å². The molecule has 0 aliphatic carbocycles. The van der Waals surface area contributed by atoms with Crippen LogP contribution in [0.3, 0.4) is 0 Å².